The zero-order valence-electron chi connectivity index (χ0n) is 14.1. The Balaban J connectivity index is 2.00. The highest BCUT2D eigenvalue weighted by Crippen LogP contribution is 2.32. The Morgan fingerprint density at radius 2 is 1.74 bits per heavy atom. The van der Waals surface area contributed by atoms with Crippen LogP contribution in [0.25, 0.3) is 0 Å². The smallest absolute Gasteiger partial charge is 0.260 e. The molecule has 2 amide bonds. The van der Waals surface area contributed by atoms with Crippen molar-refractivity contribution in [3.05, 3.63) is 35.4 Å². The van der Waals surface area contributed by atoms with E-state index in [1.807, 2.05) is 38.1 Å². The first-order valence-corrected chi connectivity index (χ1v) is 8.63. The molecule has 1 aliphatic rings. The molecule has 2 N–H and O–H groups in total. The van der Waals surface area contributed by atoms with Gasteiger partial charge in [-0.1, -0.05) is 45.2 Å². The van der Waals surface area contributed by atoms with Crippen molar-refractivity contribution < 1.29 is 9.59 Å². The van der Waals surface area contributed by atoms with Gasteiger partial charge in [-0.15, -0.1) is 0 Å². The van der Waals surface area contributed by atoms with Crippen molar-refractivity contribution in [1.29, 1.82) is 0 Å². The molecule has 1 saturated carbocycles. The van der Waals surface area contributed by atoms with E-state index >= 15 is 0 Å². The minimum Gasteiger partial charge on any atom is -0.340 e. The molecule has 1 fully saturated rings. The van der Waals surface area contributed by atoms with Gasteiger partial charge in [0.25, 0.3) is 11.8 Å². The quantitative estimate of drug-likeness (QED) is 0.869. The first-order chi connectivity index (χ1) is 11.0. The van der Waals surface area contributed by atoms with Gasteiger partial charge in [-0.25, -0.2) is 0 Å². The van der Waals surface area contributed by atoms with Crippen molar-refractivity contribution in [2.24, 2.45) is 5.92 Å². The SMILES string of the molecule is CC(C)C[C@H](NC(=O)c1ccc(C2CCCCC2)cc1)C([NH])=O. The van der Waals surface area contributed by atoms with Crippen LogP contribution in [0.2, 0.25) is 0 Å². The highest BCUT2D eigenvalue weighted by atomic mass is 16.2. The van der Waals surface area contributed by atoms with E-state index in [4.69, 9.17) is 5.73 Å². The van der Waals surface area contributed by atoms with Crippen LogP contribution in [0.1, 0.15) is 74.2 Å². The van der Waals surface area contributed by atoms with Gasteiger partial charge < -0.3 is 5.32 Å². The van der Waals surface area contributed by atoms with Crippen molar-refractivity contribution in [3.63, 3.8) is 0 Å². The van der Waals surface area contributed by atoms with Gasteiger partial charge in [-0.2, -0.15) is 0 Å². The number of rotatable bonds is 6. The van der Waals surface area contributed by atoms with Crippen LogP contribution < -0.4 is 11.1 Å². The average Bonchev–Trinajstić information content (AvgIpc) is 2.54. The summed E-state index contributed by atoms with van der Waals surface area (Å²) in [5.74, 6) is -0.134. The molecule has 4 nitrogen and oxygen atoms in total. The van der Waals surface area contributed by atoms with Gasteiger partial charge in [0.1, 0.15) is 6.04 Å². The third-order valence-electron chi connectivity index (χ3n) is 4.58. The van der Waals surface area contributed by atoms with Crippen LogP contribution in [0.5, 0.6) is 0 Å². The van der Waals surface area contributed by atoms with E-state index in [1.165, 1.54) is 37.7 Å². The molecule has 1 aromatic carbocycles. The monoisotopic (exact) mass is 315 g/mol. The Labute approximate surface area is 138 Å². The summed E-state index contributed by atoms with van der Waals surface area (Å²) in [5, 5.41) is 2.69. The van der Waals surface area contributed by atoms with Crippen LogP contribution in [-0.4, -0.2) is 17.9 Å². The van der Waals surface area contributed by atoms with Gasteiger partial charge >= 0.3 is 0 Å². The maximum atomic E-state index is 12.3. The Morgan fingerprint density at radius 1 is 1.13 bits per heavy atom. The van der Waals surface area contributed by atoms with Gasteiger partial charge in [0.2, 0.25) is 0 Å². The first-order valence-electron chi connectivity index (χ1n) is 8.63. The molecule has 0 aliphatic heterocycles. The van der Waals surface area contributed by atoms with Crippen molar-refractivity contribution in [2.45, 2.75) is 64.3 Å². The minimum absolute atomic E-state index is 0.253. The van der Waals surface area contributed by atoms with E-state index < -0.39 is 11.9 Å². The van der Waals surface area contributed by atoms with Gasteiger partial charge in [0.15, 0.2) is 0 Å². The van der Waals surface area contributed by atoms with E-state index in [1.54, 1.807) is 0 Å². The second kappa shape index (κ2) is 8.14. The summed E-state index contributed by atoms with van der Waals surface area (Å²) in [6.45, 7) is 3.95. The Hall–Kier alpha value is -1.84. The standard InChI is InChI=1S/C19H27N2O2/c1-13(2)12-17(18(20)22)21-19(23)16-10-8-15(9-11-16)14-6-4-3-5-7-14/h8-11,13-14,17,20H,3-7,12H2,1-2H3,(H,21,23)/t17-/m0/s1. The van der Waals surface area contributed by atoms with Crippen LogP contribution in [-0.2, 0) is 4.79 Å². The average molecular weight is 315 g/mol. The highest BCUT2D eigenvalue weighted by molar-refractivity contribution is 5.97. The molecule has 1 aromatic rings. The summed E-state index contributed by atoms with van der Waals surface area (Å²) in [5.41, 5.74) is 9.16. The molecule has 4 heteroatoms. The zero-order valence-corrected chi connectivity index (χ0v) is 14.1. The summed E-state index contributed by atoms with van der Waals surface area (Å²) in [7, 11) is 0. The second-order valence-electron chi connectivity index (χ2n) is 6.98. The lowest BCUT2D eigenvalue weighted by molar-refractivity contribution is -0.120. The van der Waals surface area contributed by atoms with Crippen LogP contribution in [0.4, 0.5) is 0 Å². The minimum atomic E-state index is -0.731. The molecule has 0 bridgehead atoms. The number of carbonyl (C=O) groups is 2. The number of hydrogen-bond donors (Lipinski definition) is 1. The molecule has 23 heavy (non-hydrogen) atoms. The number of benzene rings is 1. The molecule has 0 saturated heterocycles. The number of nitrogens with one attached hydrogen (secondary N) is 2. The molecular weight excluding hydrogens is 288 g/mol. The van der Waals surface area contributed by atoms with Crippen LogP contribution in [0.3, 0.4) is 0 Å². The zero-order chi connectivity index (χ0) is 16.8. The highest BCUT2D eigenvalue weighted by Gasteiger charge is 2.21. The summed E-state index contributed by atoms with van der Waals surface area (Å²) in [6, 6.07) is 7.01. The fraction of sp³-hybridized carbons (Fsp3) is 0.579. The molecule has 0 aromatic heterocycles. The summed E-state index contributed by atoms with van der Waals surface area (Å²) in [4.78, 5) is 23.6. The predicted octanol–water partition coefficient (Wildman–Crippen LogP) is 3.69. The summed E-state index contributed by atoms with van der Waals surface area (Å²) >= 11 is 0. The van der Waals surface area contributed by atoms with Gasteiger partial charge in [-0.05, 0) is 48.8 Å². The lowest BCUT2D eigenvalue weighted by Gasteiger charge is -2.22. The second-order valence-corrected chi connectivity index (χ2v) is 6.98. The van der Waals surface area contributed by atoms with E-state index in [2.05, 4.69) is 5.32 Å². The summed E-state index contributed by atoms with van der Waals surface area (Å²) < 4.78 is 0. The van der Waals surface area contributed by atoms with Crippen LogP contribution >= 0.6 is 0 Å². The molecule has 125 valence electrons. The Morgan fingerprint density at radius 3 is 2.26 bits per heavy atom. The molecular formula is C19H27N2O2. The van der Waals surface area contributed by atoms with Crippen molar-refractivity contribution >= 4 is 11.8 Å². The third kappa shape index (κ3) is 5.08. The van der Waals surface area contributed by atoms with Crippen LogP contribution in [0.15, 0.2) is 24.3 Å². The summed E-state index contributed by atoms with van der Waals surface area (Å²) in [6.07, 6.45) is 6.86. The number of hydrogen-bond acceptors (Lipinski definition) is 2. The van der Waals surface area contributed by atoms with Gasteiger partial charge in [0, 0.05) is 5.56 Å². The van der Waals surface area contributed by atoms with Crippen molar-refractivity contribution in [3.8, 4) is 0 Å². The molecule has 1 atom stereocenters. The molecule has 1 aliphatic carbocycles. The van der Waals surface area contributed by atoms with E-state index in [-0.39, 0.29) is 11.8 Å². The number of amides is 2. The fourth-order valence-electron chi connectivity index (χ4n) is 3.29. The topological polar surface area (TPSA) is 70.0 Å². The lowest BCUT2D eigenvalue weighted by Crippen LogP contribution is -2.42. The van der Waals surface area contributed by atoms with E-state index in [0.717, 1.165) is 0 Å². The van der Waals surface area contributed by atoms with Crippen molar-refractivity contribution in [1.82, 2.24) is 11.1 Å². The normalized spacial score (nSPS) is 17.0. The molecule has 0 unspecified atom stereocenters. The largest absolute Gasteiger partial charge is 0.340 e. The van der Waals surface area contributed by atoms with Crippen LogP contribution in [0, 0.1) is 5.92 Å². The Kier molecular flexibility index (Phi) is 6.20. The number of carbonyl (C=O) groups excluding carboxylic acids is 2. The van der Waals surface area contributed by atoms with Gasteiger partial charge in [-0.3, -0.25) is 15.3 Å². The van der Waals surface area contributed by atoms with Gasteiger partial charge in [0.05, 0.1) is 0 Å². The van der Waals surface area contributed by atoms with E-state index in [0.29, 0.717) is 17.9 Å². The fourth-order valence-corrected chi connectivity index (χ4v) is 3.29. The molecule has 2 rings (SSSR count). The third-order valence-corrected chi connectivity index (χ3v) is 4.58. The molecule has 1 radical (unpaired) electrons. The van der Waals surface area contributed by atoms with Crippen molar-refractivity contribution in [2.75, 3.05) is 0 Å². The lowest BCUT2D eigenvalue weighted by atomic mass is 9.84. The maximum absolute atomic E-state index is 12.3. The van der Waals surface area contributed by atoms with E-state index in [9.17, 15) is 9.59 Å². The maximum Gasteiger partial charge on any atom is 0.260 e. The molecule has 0 spiro atoms. The first kappa shape index (κ1) is 17.5. The molecule has 0 heterocycles. The predicted molar refractivity (Wildman–Crippen MR) is 91.1 cm³/mol. The Bertz CT molecular complexity index is 531.